The van der Waals surface area contributed by atoms with Crippen molar-refractivity contribution in [2.75, 3.05) is 5.73 Å². The Hall–Kier alpha value is -1.12. The number of hydrogen-bond donors (Lipinski definition) is 1. The maximum atomic E-state index is 5.58. The summed E-state index contributed by atoms with van der Waals surface area (Å²) in [4.78, 5) is 8.36. The molecule has 3 heteroatoms. The lowest BCUT2D eigenvalue weighted by Gasteiger charge is -2.54. The predicted molar refractivity (Wildman–Crippen MR) is 66.2 cm³/mol. The summed E-state index contributed by atoms with van der Waals surface area (Å²) in [6.07, 6.45) is 11.2. The number of rotatable bonds is 1. The lowest BCUT2D eigenvalue weighted by Crippen LogP contribution is -2.43. The van der Waals surface area contributed by atoms with Gasteiger partial charge in [-0.1, -0.05) is 0 Å². The summed E-state index contributed by atoms with van der Waals surface area (Å²) in [5, 5.41) is 0. The zero-order valence-corrected chi connectivity index (χ0v) is 10.0. The molecule has 0 spiro atoms. The van der Waals surface area contributed by atoms with E-state index in [-0.39, 0.29) is 0 Å². The van der Waals surface area contributed by atoms with Gasteiger partial charge >= 0.3 is 0 Å². The molecule has 0 aromatic carbocycles. The van der Waals surface area contributed by atoms with Gasteiger partial charge in [-0.25, -0.2) is 9.97 Å². The average Bonchev–Trinajstić information content (AvgIpc) is 2.30. The second kappa shape index (κ2) is 3.44. The smallest absolute Gasteiger partial charge is 0.219 e. The molecule has 4 aliphatic carbocycles. The largest absolute Gasteiger partial charge is 0.368 e. The van der Waals surface area contributed by atoms with Crippen LogP contribution in [0.5, 0.6) is 0 Å². The summed E-state index contributed by atoms with van der Waals surface area (Å²) in [6.45, 7) is 0. The highest BCUT2D eigenvalue weighted by Gasteiger charge is 2.48. The molecular formula is C14H19N3. The van der Waals surface area contributed by atoms with Gasteiger partial charge in [0.05, 0.1) is 0 Å². The highest BCUT2D eigenvalue weighted by Crippen LogP contribution is 2.59. The van der Waals surface area contributed by atoms with Crippen LogP contribution in [0.3, 0.4) is 0 Å². The molecule has 4 bridgehead atoms. The van der Waals surface area contributed by atoms with Crippen LogP contribution in [0.1, 0.15) is 43.6 Å². The van der Waals surface area contributed by atoms with E-state index in [1.807, 2.05) is 12.4 Å². The third-order valence-corrected chi connectivity index (χ3v) is 5.30. The molecule has 4 aliphatic rings. The Labute approximate surface area is 102 Å². The van der Waals surface area contributed by atoms with E-state index in [4.69, 9.17) is 5.73 Å². The Morgan fingerprint density at radius 1 is 0.882 bits per heavy atom. The van der Waals surface area contributed by atoms with E-state index < -0.39 is 0 Å². The molecule has 0 atom stereocenters. The summed E-state index contributed by atoms with van der Waals surface area (Å²) in [6, 6.07) is 0. The minimum Gasteiger partial charge on any atom is -0.368 e. The quantitative estimate of drug-likeness (QED) is 0.805. The first kappa shape index (κ1) is 9.86. The molecule has 1 aromatic heterocycles. The van der Waals surface area contributed by atoms with Crippen molar-refractivity contribution in [1.29, 1.82) is 0 Å². The fourth-order valence-corrected chi connectivity index (χ4v) is 4.99. The lowest BCUT2D eigenvalue weighted by atomic mass is 9.51. The van der Waals surface area contributed by atoms with Crippen LogP contribution in [-0.2, 0) is 0 Å². The van der Waals surface area contributed by atoms with Crippen molar-refractivity contribution in [3.63, 3.8) is 0 Å². The summed E-state index contributed by atoms with van der Waals surface area (Å²) in [5.41, 5.74) is 6.92. The van der Waals surface area contributed by atoms with Crippen LogP contribution in [0.2, 0.25) is 0 Å². The second-order valence-electron chi connectivity index (χ2n) is 6.33. The highest BCUT2D eigenvalue weighted by molar-refractivity contribution is 5.23. The van der Waals surface area contributed by atoms with Crippen molar-refractivity contribution in [3.8, 4) is 0 Å². The summed E-state index contributed by atoms with van der Waals surface area (Å²) in [7, 11) is 0. The second-order valence-corrected chi connectivity index (χ2v) is 6.33. The molecule has 4 fully saturated rings. The van der Waals surface area contributed by atoms with Crippen LogP contribution >= 0.6 is 0 Å². The van der Waals surface area contributed by atoms with E-state index in [1.165, 1.54) is 37.7 Å². The monoisotopic (exact) mass is 229 g/mol. The molecule has 0 saturated heterocycles. The van der Waals surface area contributed by atoms with Gasteiger partial charge in [-0.05, 0) is 67.3 Å². The van der Waals surface area contributed by atoms with E-state index in [0.717, 1.165) is 29.6 Å². The number of aromatic nitrogens is 2. The van der Waals surface area contributed by atoms with Gasteiger partial charge in [0.1, 0.15) is 0 Å². The van der Waals surface area contributed by atoms with Crippen molar-refractivity contribution in [2.45, 2.75) is 38.0 Å². The van der Waals surface area contributed by atoms with Crippen LogP contribution < -0.4 is 5.73 Å². The normalized spacial score (nSPS) is 42.9. The maximum Gasteiger partial charge on any atom is 0.219 e. The molecule has 90 valence electrons. The number of nitrogen functional groups attached to an aromatic ring is 1. The zero-order chi connectivity index (χ0) is 11.4. The molecule has 4 saturated carbocycles. The van der Waals surface area contributed by atoms with Gasteiger partial charge < -0.3 is 5.73 Å². The fraction of sp³-hybridized carbons (Fsp3) is 0.714. The van der Waals surface area contributed by atoms with Gasteiger partial charge in [0.2, 0.25) is 5.95 Å². The molecule has 0 aliphatic heterocycles. The van der Waals surface area contributed by atoms with Crippen molar-refractivity contribution in [2.24, 2.45) is 23.7 Å². The molecule has 1 heterocycles. The molecular weight excluding hydrogens is 210 g/mol. The average molecular weight is 229 g/mol. The molecule has 2 N–H and O–H groups in total. The molecule has 0 radical (unpaired) electrons. The molecule has 3 nitrogen and oxygen atoms in total. The van der Waals surface area contributed by atoms with Gasteiger partial charge in [-0.2, -0.15) is 0 Å². The molecule has 17 heavy (non-hydrogen) atoms. The summed E-state index contributed by atoms with van der Waals surface area (Å²) >= 11 is 0. The first-order chi connectivity index (χ1) is 8.29. The predicted octanol–water partition coefficient (Wildman–Crippen LogP) is 2.60. The number of hydrogen-bond acceptors (Lipinski definition) is 3. The van der Waals surface area contributed by atoms with Crippen molar-refractivity contribution < 1.29 is 0 Å². The van der Waals surface area contributed by atoms with E-state index in [0.29, 0.717) is 5.95 Å². The molecule has 5 rings (SSSR count). The minimum absolute atomic E-state index is 0.401. The van der Waals surface area contributed by atoms with Crippen molar-refractivity contribution in [1.82, 2.24) is 9.97 Å². The Balaban J connectivity index is 1.68. The number of nitrogens with two attached hydrogens (primary N) is 1. The Morgan fingerprint density at radius 2 is 1.41 bits per heavy atom. The number of anilines is 1. The van der Waals surface area contributed by atoms with Gasteiger partial charge in [-0.15, -0.1) is 0 Å². The van der Waals surface area contributed by atoms with Crippen LogP contribution in [0.15, 0.2) is 12.4 Å². The van der Waals surface area contributed by atoms with E-state index in [9.17, 15) is 0 Å². The lowest BCUT2D eigenvalue weighted by molar-refractivity contribution is -0.00298. The molecule has 0 amide bonds. The van der Waals surface area contributed by atoms with Gasteiger partial charge in [0.25, 0.3) is 0 Å². The first-order valence-electron chi connectivity index (χ1n) is 6.87. The van der Waals surface area contributed by atoms with Crippen LogP contribution in [0, 0.1) is 23.7 Å². The Kier molecular flexibility index (Phi) is 1.99. The zero-order valence-electron chi connectivity index (χ0n) is 10.0. The van der Waals surface area contributed by atoms with E-state index in [1.54, 1.807) is 0 Å². The third-order valence-electron chi connectivity index (χ3n) is 5.30. The Morgan fingerprint density at radius 3 is 1.94 bits per heavy atom. The summed E-state index contributed by atoms with van der Waals surface area (Å²) in [5.74, 6) is 4.99. The minimum atomic E-state index is 0.401. The van der Waals surface area contributed by atoms with Gasteiger partial charge in [-0.3, -0.25) is 0 Å². The van der Waals surface area contributed by atoms with Crippen LogP contribution in [-0.4, -0.2) is 9.97 Å². The highest BCUT2D eigenvalue weighted by atomic mass is 15.0. The van der Waals surface area contributed by atoms with Gasteiger partial charge in [0.15, 0.2) is 0 Å². The maximum absolute atomic E-state index is 5.58. The van der Waals surface area contributed by atoms with Crippen molar-refractivity contribution >= 4 is 5.95 Å². The fourth-order valence-electron chi connectivity index (χ4n) is 4.99. The van der Waals surface area contributed by atoms with E-state index in [2.05, 4.69) is 9.97 Å². The molecule has 1 aromatic rings. The Bertz CT molecular complexity index is 398. The standard InChI is InChI=1S/C14H19N3/c15-14-16-6-12(7-17-14)13-10-2-8-1-9(4-10)5-11(13)3-8/h6-11,13H,1-5H2,(H2,15,16,17). The molecule has 0 unspecified atom stereocenters. The number of nitrogens with zero attached hydrogens (tertiary/aromatic N) is 2. The van der Waals surface area contributed by atoms with Crippen molar-refractivity contribution in [3.05, 3.63) is 18.0 Å². The summed E-state index contributed by atoms with van der Waals surface area (Å²) < 4.78 is 0. The topological polar surface area (TPSA) is 51.8 Å². The van der Waals surface area contributed by atoms with Crippen LogP contribution in [0.25, 0.3) is 0 Å². The third kappa shape index (κ3) is 1.48. The van der Waals surface area contributed by atoms with Gasteiger partial charge in [0, 0.05) is 12.4 Å². The SMILES string of the molecule is Nc1ncc(C2C3CC4CC(C3)CC2C4)cn1. The van der Waals surface area contributed by atoms with Crippen LogP contribution in [0.4, 0.5) is 5.95 Å². The van der Waals surface area contributed by atoms with E-state index >= 15 is 0 Å². The first-order valence-corrected chi connectivity index (χ1v) is 6.87.